The minimum absolute atomic E-state index is 0.315. The van der Waals surface area contributed by atoms with Gasteiger partial charge in [0.05, 0.1) is 0 Å². The summed E-state index contributed by atoms with van der Waals surface area (Å²) in [6.07, 6.45) is -8.62. The fourth-order valence-corrected chi connectivity index (χ4v) is 2.25. The zero-order chi connectivity index (χ0) is 20.2. The van der Waals surface area contributed by atoms with E-state index in [0.717, 1.165) is 0 Å². The van der Waals surface area contributed by atoms with Crippen LogP contribution in [-0.4, -0.2) is 81.4 Å². The van der Waals surface area contributed by atoms with Gasteiger partial charge in [0.15, 0.2) is 6.29 Å². The van der Waals surface area contributed by atoms with Crippen LogP contribution in [0.4, 0.5) is 4.79 Å². The Kier molecular flexibility index (Phi) is 7.78. The van der Waals surface area contributed by atoms with Gasteiger partial charge in [-0.3, -0.25) is 0 Å². The number of amides is 1. The van der Waals surface area contributed by atoms with Gasteiger partial charge in [-0.25, -0.2) is 9.59 Å². The van der Waals surface area contributed by atoms with E-state index in [2.05, 4.69) is 5.32 Å². The molecule has 0 radical (unpaired) electrons. The number of carbonyl (C=O) groups is 2. The monoisotopic (exact) mass is 379 g/mol. The molecule has 1 amide bonds. The number of hydrogen-bond acceptors (Lipinski definition) is 9. The number of rotatable bonds is 5. The number of aliphatic hydroxyl groups is 4. The number of carbonyl (C=O) groups excluding carboxylic acids is 2. The fourth-order valence-electron chi connectivity index (χ4n) is 2.25. The smallest absolute Gasteiger partial charge is 0.408 e. The minimum atomic E-state index is -1.72. The summed E-state index contributed by atoms with van der Waals surface area (Å²) in [5.74, 6) is -1.11. The maximum Gasteiger partial charge on any atom is 0.408 e. The molecule has 5 N–H and O–H groups in total. The molecule has 10 heteroatoms. The predicted octanol–water partition coefficient (Wildman–Crippen LogP) is -1.12. The molecule has 0 spiro atoms. The minimum Gasteiger partial charge on any atom is -0.461 e. The van der Waals surface area contributed by atoms with Crippen molar-refractivity contribution in [3.05, 3.63) is 0 Å². The van der Waals surface area contributed by atoms with Gasteiger partial charge in [-0.2, -0.15) is 0 Å². The second kappa shape index (κ2) is 8.96. The molecule has 10 nitrogen and oxygen atoms in total. The molecule has 1 heterocycles. The first kappa shape index (κ1) is 22.6. The number of alkyl carbamates (subject to hydrolysis) is 1. The van der Waals surface area contributed by atoms with Crippen LogP contribution >= 0.6 is 0 Å². The Morgan fingerprint density at radius 1 is 1.08 bits per heavy atom. The molecular weight excluding hydrogens is 350 g/mol. The molecule has 1 saturated heterocycles. The van der Waals surface area contributed by atoms with E-state index >= 15 is 0 Å². The second-order valence-corrected chi connectivity index (χ2v) is 7.53. The van der Waals surface area contributed by atoms with Crippen molar-refractivity contribution >= 4 is 12.1 Å². The highest BCUT2D eigenvalue weighted by atomic mass is 16.7. The molecule has 1 aliphatic heterocycles. The SMILES string of the molecule is CC(C)[C@H](NC(=O)OC(C)(C)C)C(=O)OC[C@H]1OC(O)[C@H](O)[C@@H](O)[C@@H]1O. The highest BCUT2D eigenvalue weighted by Crippen LogP contribution is 2.20. The van der Waals surface area contributed by atoms with Gasteiger partial charge in [-0.05, 0) is 26.7 Å². The third-order valence-electron chi connectivity index (χ3n) is 3.67. The summed E-state index contributed by atoms with van der Waals surface area (Å²) < 4.78 is 15.1. The van der Waals surface area contributed by atoms with Crippen molar-refractivity contribution < 1.29 is 44.2 Å². The maximum atomic E-state index is 12.3. The van der Waals surface area contributed by atoms with Crippen LogP contribution in [0.1, 0.15) is 34.6 Å². The summed E-state index contributed by atoms with van der Waals surface area (Å²) in [6.45, 7) is 7.95. The molecular formula is C16H29NO9. The van der Waals surface area contributed by atoms with Crippen LogP contribution in [0.3, 0.4) is 0 Å². The zero-order valence-electron chi connectivity index (χ0n) is 15.6. The van der Waals surface area contributed by atoms with E-state index < -0.39 is 61.0 Å². The van der Waals surface area contributed by atoms with E-state index in [9.17, 15) is 30.0 Å². The summed E-state index contributed by atoms with van der Waals surface area (Å²) in [5.41, 5.74) is -0.733. The van der Waals surface area contributed by atoms with Crippen molar-refractivity contribution in [2.24, 2.45) is 5.92 Å². The lowest BCUT2D eigenvalue weighted by Crippen LogP contribution is -2.59. The van der Waals surface area contributed by atoms with Crippen LogP contribution < -0.4 is 5.32 Å². The highest BCUT2D eigenvalue weighted by molar-refractivity contribution is 5.81. The van der Waals surface area contributed by atoms with Gasteiger partial charge in [0, 0.05) is 0 Å². The van der Waals surface area contributed by atoms with Crippen molar-refractivity contribution in [3.8, 4) is 0 Å². The fraction of sp³-hybridized carbons (Fsp3) is 0.875. The van der Waals surface area contributed by atoms with Gasteiger partial charge in [-0.1, -0.05) is 13.8 Å². The van der Waals surface area contributed by atoms with E-state index in [1.165, 1.54) is 0 Å². The van der Waals surface area contributed by atoms with Crippen LogP contribution in [0.5, 0.6) is 0 Å². The lowest BCUT2D eigenvalue weighted by atomic mass is 9.99. The summed E-state index contributed by atoms with van der Waals surface area (Å²) in [7, 11) is 0. The Morgan fingerprint density at radius 2 is 1.65 bits per heavy atom. The number of esters is 1. The molecule has 26 heavy (non-hydrogen) atoms. The number of aliphatic hydroxyl groups excluding tert-OH is 4. The van der Waals surface area contributed by atoms with Crippen molar-refractivity contribution in [1.29, 1.82) is 0 Å². The van der Waals surface area contributed by atoms with Gasteiger partial charge in [-0.15, -0.1) is 0 Å². The van der Waals surface area contributed by atoms with Crippen molar-refractivity contribution in [3.63, 3.8) is 0 Å². The lowest BCUT2D eigenvalue weighted by Gasteiger charge is -2.38. The quantitative estimate of drug-likeness (QED) is 0.373. The Hall–Kier alpha value is -1.46. The average molecular weight is 379 g/mol. The van der Waals surface area contributed by atoms with Crippen molar-refractivity contribution in [1.82, 2.24) is 5.32 Å². The average Bonchev–Trinajstić information content (AvgIpc) is 2.50. The molecule has 0 aromatic heterocycles. The Bertz CT molecular complexity index is 491. The van der Waals surface area contributed by atoms with Crippen LogP contribution in [0.15, 0.2) is 0 Å². The topological polar surface area (TPSA) is 155 Å². The van der Waals surface area contributed by atoms with Gasteiger partial charge >= 0.3 is 12.1 Å². The molecule has 0 aromatic carbocycles. The standard InChI is InChI=1S/C16H29NO9/c1-7(2)9(17-15(23)26-16(3,4)5)13(21)24-6-8-10(18)11(19)12(20)14(22)25-8/h7-12,14,18-20,22H,6H2,1-5H3,(H,17,23)/t8-,9+,10-,11+,12-,14?/m1/s1. The number of hydrogen-bond donors (Lipinski definition) is 5. The third kappa shape index (κ3) is 6.36. The van der Waals surface area contributed by atoms with Gasteiger partial charge in [0.25, 0.3) is 0 Å². The Balaban J connectivity index is 2.64. The zero-order valence-corrected chi connectivity index (χ0v) is 15.6. The first-order chi connectivity index (χ1) is 11.8. The lowest BCUT2D eigenvalue weighted by molar-refractivity contribution is -0.287. The molecule has 0 saturated carbocycles. The largest absolute Gasteiger partial charge is 0.461 e. The van der Waals surface area contributed by atoms with E-state index in [1.807, 2.05) is 0 Å². The first-order valence-electron chi connectivity index (χ1n) is 8.37. The molecule has 6 atom stereocenters. The molecule has 152 valence electrons. The summed E-state index contributed by atoms with van der Waals surface area (Å²) in [5, 5.41) is 40.8. The van der Waals surface area contributed by atoms with Crippen LogP contribution in [0, 0.1) is 5.92 Å². The van der Waals surface area contributed by atoms with Crippen LogP contribution in [-0.2, 0) is 19.0 Å². The predicted molar refractivity (Wildman–Crippen MR) is 87.9 cm³/mol. The van der Waals surface area contributed by atoms with Gasteiger partial charge in [0.2, 0.25) is 0 Å². The van der Waals surface area contributed by atoms with Crippen molar-refractivity contribution in [2.75, 3.05) is 6.61 Å². The van der Waals surface area contributed by atoms with E-state index in [4.69, 9.17) is 14.2 Å². The van der Waals surface area contributed by atoms with Gasteiger partial charge < -0.3 is 40.0 Å². The Morgan fingerprint density at radius 3 is 2.15 bits per heavy atom. The molecule has 1 rings (SSSR count). The summed E-state index contributed by atoms with van der Waals surface area (Å²) in [4.78, 5) is 24.1. The van der Waals surface area contributed by atoms with Crippen LogP contribution in [0.25, 0.3) is 0 Å². The summed E-state index contributed by atoms with van der Waals surface area (Å²) in [6, 6.07) is -1.01. The maximum absolute atomic E-state index is 12.3. The van der Waals surface area contributed by atoms with E-state index in [-0.39, 0.29) is 5.92 Å². The number of nitrogens with one attached hydrogen (secondary N) is 1. The van der Waals surface area contributed by atoms with Crippen LogP contribution in [0.2, 0.25) is 0 Å². The highest BCUT2D eigenvalue weighted by Gasteiger charge is 2.43. The van der Waals surface area contributed by atoms with E-state index in [0.29, 0.717) is 0 Å². The number of ether oxygens (including phenoxy) is 3. The molecule has 1 fully saturated rings. The second-order valence-electron chi connectivity index (χ2n) is 7.53. The Labute approximate surface area is 152 Å². The third-order valence-corrected chi connectivity index (χ3v) is 3.67. The molecule has 1 aliphatic rings. The van der Waals surface area contributed by atoms with Gasteiger partial charge in [0.1, 0.15) is 42.7 Å². The molecule has 0 bridgehead atoms. The van der Waals surface area contributed by atoms with Crippen molar-refractivity contribution in [2.45, 2.75) is 77.0 Å². The molecule has 0 aromatic rings. The molecule has 1 unspecified atom stereocenters. The first-order valence-corrected chi connectivity index (χ1v) is 8.37. The molecule has 0 aliphatic carbocycles. The summed E-state index contributed by atoms with van der Waals surface area (Å²) >= 11 is 0. The van der Waals surface area contributed by atoms with E-state index in [1.54, 1.807) is 34.6 Å². The normalized spacial score (nSPS) is 30.6.